The molecule has 2 saturated carbocycles. The van der Waals surface area contributed by atoms with E-state index in [1.165, 1.54) is 31.2 Å². The minimum absolute atomic E-state index is 0.0115. The zero-order chi connectivity index (χ0) is 19.9. The quantitative estimate of drug-likeness (QED) is 0.567. The Labute approximate surface area is 167 Å². The van der Waals surface area contributed by atoms with Crippen molar-refractivity contribution < 1.29 is 19.1 Å². The smallest absolute Gasteiger partial charge is 0.337 e. The third kappa shape index (κ3) is 3.33. The van der Waals surface area contributed by atoms with Crippen molar-refractivity contribution in [2.75, 3.05) is 0 Å². The maximum atomic E-state index is 12.4. The Bertz CT molecular complexity index is 967. The van der Waals surface area contributed by atoms with Crippen LogP contribution in [0.5, 0.6) is 0 Å². The predicted octanol–water partition coefficient (Wildman–Crippen LogP) is 4.57. The average molecular weight is 401 g/mol. The van der Waals surface area contributed by atoms with Gasteiger partial charge in [-0.3, -0.25) is 4.79 Å². The molecule has 0 saturated heterocycles. The van der Waals surface area contributed by atoms with Gasteiger partial charge in [0.05, 0.1) is 16.8 Å². The van der Waals surface area contributed by atoms with Gasteiger partial charge in [-0.2, -0.15) is 5.10 Å². The van der Waals surface area contributed by atoms with Gasteiger partial charge in [0.25, 0.3) is 0 Å². The molecule has 1 heterocycles. The summed E-state index contributed by atoms with van der Waals surface area (Å²) in [7, 11) is 0. The molecule has 0 bridgehead atoms. The predicted molar refractivity (Wildman–Crippen MR) is 105 cm³/mol. The number of nitrogens with one attached hydrogen (secondary N) is 1. The van der Waals surface area contributed by atoms with Crippen LogP contribution in [0.2, 0.25) is 5.02 Å². The average Bonchev–Trinajstić information content (AvgIpc) is 3.02. The maximum Gasteiger partial charge on any atom is 0.337 e. The number of benzene rings is 1. The van der Waals surface area contributed by atoms with Crippen LogP contribution in [-0.2, 0) is 4.79 Å². The number of carbonyl (C=O) groups excluding carboxylic acids is 1. The van der Waals surface area contributed by atoms with E-state index in [0.717, 1.165) is 12.8 Å². The Kier molecular flexibility index (Phi) is 4.75. The molecular weight excluding hydrogens is 380 g/mol. The summed E-state index contributed by atoms with van der Waals surface area (Å²) in [5, 5.41) is 13.4. The number of halogens is 1. The summed E-state index contributed by atoms with van der Waals surface area (Å²) in [4.78, 5) is 23.6. The van der Waals surface area contributed by atoms with E-state index in [9.17, 15) is 14.7 Å². The summed E-state index contributed by atoms with van der Waals surface area (Å²) in [5.74, 6) is 0.371. The van der Waals surface area contributed by atoms with Crippen LogP contribution in [0.25, 0.3) is 11.3 Å². The molecule has 6 nitrogen and oxygen atoms in total. The van der Waals surface area contributed by atoms with Crippen LogP contribution >= 0.6 is 11.6 Å². The Morgan fingerprint density at radius 1 is 1.32 bits per heavy atom. The summed E-state index contributed by atoms with van der Waals surface area (Å²) in [6.45, 7) is 2.20. The highest BCUT2D eigenvalue weighted by molar-refractivity contribution is 6.33. The van der Waals surface area contributed by atoms with Gasteiger partial charge in [0.1, 0.15) is 11.5 Å². The van der Waals surface area contributed by atoms with Gasteiger partial charge in [-0.15, -0.1) is 0 Å². The third-order valence-electron chi connectivity index (χ3n) is 6.09. The van der Waals surface area contributed by atoms with E-state index in [1.54, 1.807) is 18.2 Å². The first-order chi connectivity index (χ1) is 13.4. The lowest BCUT2D eigenvalue weighted by molar-refractivity contribution is -0.123. The highest BCUT2D eigenvalue weighted by Gasteiger charge is 2.64. The van der Waals surface area contributed by atoms with E-state index >= 15 is 0 Å². The number of hydrazone groups is 1. The Morgan fingerprint density at radius 2 is 2.14 bits per heavy atom. The fraction of sp³-hybridized carbons (Fsp3) is 0.381. The van der Waals surface area contributed by atoms with E-state index < -0.39 is 5.97 Å². The van der Waals surface area contributed by atoms with Crippen molar-refractivity contribution in [3.8, 4) is 11.3 Å². The topological polar surface area (TPSA) is 91.9 Å². The lowest BCUT2D eigenvalue weighted by Crippen LogP contribution is -2.22. The molecule has 28 heavy (non-hydrogen) atoms. The molecule has 0 unspecified atom stereocenters. The molecule has 3 atom stereocenters. The fourth-order valence-corrected chi connectivity index (χ4v) is 4.70. The van der Waals surface area contributed by atoms with Crippen LogP contribution < -0.4 is 5.43 Å². The van der Waals surface area contributed by atoms with Crippen LogP contribution in [-0.4, -0.2) is 23.2 Å². The van der Waals surface area contributed by atoms with Gasteiger partial charge in [-0.05, 0) is 54.5 Å². The highest BCUT2D eigenvalue weighted by Crippen LogP contribution is 2.66. The first-order valence-corrected chi connectivity index (χ1v) is 9.74. The van der Waals surface area contributed by atoms with Gasteiger partial charge < -0.3 is 9.52 Å². The number of hydrogen-bond donors (Lipinski definition) is 2. The second-order valence-corrected chi connectivity index (χ2v) is 8.18. The molecule has 4 rings (SSSR count). The second-order valence-electron chi connectivity index (χ2n) is 7.77. The van der Waals surface area contributed by atoms with Crippen molar-refractivity contribution in [3.05, 3.63) is 46.7 Å². The van der Waals surface area contributed by atoms with E-state index in [-0.39, 0.29) is 27.8 Å². The van der Waals surface area contributed by atoms with Crippen molar-refractivity contribution in [1.82, 2.24) is 5.43 Å². The third-order valence-corrected chi connectivity index (χ3v) is 6.42. The van der Waals surface area contributed by atoms with Crippen LogP contribution in [0.15, 0.2) is 39.9 Å². The molecular formula is C21H21ClN2O4. The van der Waals surface area contributed by atoms with E-state index in [0.29, 0.717) is 23.0 Å². The number of furan rings is 1. The standard InChI is InChI=1S/C21H21ClN2O4/c1-21-9-3-2-4-15(21)18(21)19(25)24-23-11-13-6-8-17(28-13)12-5-7-16(22)14(10-12)20(26)27/h5-8,10-11,15,18H,2-4,9H2,1H3,(H,24,25)(H,26,27)/b23-11-/t15-,18+,21-/m0/s1. The number of aromatic carboxylic acids is 1. The molecule has 1 aromatic carbocycles. The Morgan fingerprint density at radius 3 is 2.86 bits per heavy atom. The molecule has 0 aliphatic heterocycles. The van der Waals surface area contributed by atoms with E-state index in [1.807, 2.05) is 0 Å². The van der Waals surface area contributed by atoms with Crippen molar-refractivity contribution in [3.63, 3.8) is 0 Å². The van der Waals surface area contributed by atoms with Crippen molar-refractivity contribution in [2.24, 2.45) is 22.4 Å². The van der Waals surface area contributed by atoms with Gasteiger partial charge in [0.15, 0.2) is 0 Å². The summed E-state index contributed by atoms with van der Waals surface area (Å²) in [6, 6.07) is 8.09. The largest absolute Gasteiger partial charge is 0.478 e. The maximum absolute atomic E-state index is 12.4. The number of hydrogen-bond acceptors (Lipinski definition) is 4. The normalized spacial score (nSPS) is 26.1. The van der Waals surface area contributed by atoms with E-state index in [2.05, 4.69) is 17.5 Å². The molecule has 2 fully saturated rings. The molecule has 0 spiro atoms. The number of carboxylic acid groups (broad SMARTS) is 1. The van der Waals surface area contributed by atoms with Gasteiger partial charge in [-0.25, -0.2) is 10.2 Å². The van der Waals surface area contributed by atoms with Gasteiger partial charge in [-0.1, -0.05) is 31.4 Å². The summed E-state index contributed by atoms with van der Waals surface area (Å²) < 4.78 is 5.68. The fourth-order valence-electron chi connectivity index (χ4n) is 4.50. The molecule has 1 amide bonds. The molecule has 2 aliphatic carbocycles. The van der Waals surface area contributed by atoms with Crippen molar-refractivity contribution in [1.29, 1.82) is 0 Å². The minimum atomic E-state index is -1.10. The summed E-state index contributed by atoms with van der Waals surface area (Å²) in [6.07, 6.45) is 6.09. The van der Waals surface area contributed by atoms with Gasteiger partial charge in [0, 0.05) is 11.5 Å². The summed E-state index contributed by atoms with van der Waals surface area (Å²) >= 11 is 5.89. The number of fused-ring (bicyclic) bond motifs is 1. The van der Waals surface area contributed by atoms with Crippen LogP contribution in [0.1, 0.15) is 48.7 Å². The molecule has 0 radical (unpaired) electrons. The van der Waals surface area contributed by atoms with Crippen LogP contribution in [0.3, 0.4) is 0 Å². The minimum Gasteiger partial charge on any atom is -0.478 e. The van der Waals surface area contributed by atoms with E-state index in [4.69, 9.17) is 16.0 Å². The molecule has 2 aliphatic rings. The zero-order valence-corrected chi connectivity index (χ0v) is 16.2. The SMILES string of the molecule is C[C@]12CCCC[C@H]1[C@@H]2C(=O)N/N=C\c1ccc(-c2ccc(Cl)c(C(=O)O)c2)o1. The molecule has 1 aromatic heterocycles. The lowest BCUT2D eigenvalue weighted by Gasteiger charge is -2.15. The Balaban J connectivity index is 1.41. The summed E-state index contributed by atoms with van der Waals surface area (Å²) in [5.41, 5.74) is 3.38. The number of amides is 1. The molecule has 146 valence electrons. The number of nitrogens with zero attached hydrogens (tertiary/aromatic N) is 1. The van der Waals surface area contributed by atoms with Crippen LogP contribution in [0, 0.1) is 17.3 Å². The number of carbonyl (C=O) groups is 2. The Hall–Kier alpha value is -2.60. The monoisotopic (exact) mass is 400 g/mol. The number of rotatable bonds is 5. The molecule has 2 aromatic rings. The van der Waals surface area contributed by atoms with Crippen LogP contribution in [0.4, 0.5) is 0 Å². The highest BCUT2D eigenvalue weighted by atomic mass is 35.5. The number of carboxylic acids is 1. The van der Waals surface area contributed by atoms with Crippen molar-refractivity contribution in [2.45, 2.75) is 32.6 Å². The molecule has 2 N–H and O–H groups in total. The lowest BCUT2D eigenvalue weighted by atomic mass is 9.90. The molecule has 7 heteroatoms. The van der Waals surface area contributed by atoms with Gasteiger partial charge >= 0.3 is 5.97 Å². The van der Waals surface area contributed by atoms with Crippen molar-refractivity contribution >= 4 is 29.7 Å². The first kappa shape index (κ1) is 18.7. The first-order valence-electron chi connectivity index (χ1n) is 9.36. The second kappa shape index (κ2) is 7.09. The zero-order valence-electron chi connectivity index (χ0n) is 15.4. The van der Waals surface area contributed by atoms with Gasteiger partial charge in [0.2, 0.25) is 5.91 Å².